The summed E-state index contributed by atoms with van der Waals surface area (Å²) in [5.41, 5.74) is 2.06. The summed E-state index contributed by atoms with van der Waals surface area (Å²) in [4.78, 5) is 40.0. The van der Waals surface area contributed by atoms with Gasteiger partial charge >= 0.3 is 5.97 Å². The Morgan fingerprint density at radius 2 is 1.73 bits per heavy atom. The summed E-state index contributed by atoms with van der Waals surface area (Å²) in [5.74, 6) is -0.283. The van der Waals surface area contributed by atoms with Crippen LogP contribution in [0, 0.1) is 12.7 Å². The molecule has 1 amide bonds. The van der Waals surface area contributed by atoms with E-state index in [1.807, 2.05) is 17.9 Å². The van der Waals surface area contributed by atoms with Crippen molar-refractivity contribution in [1.82, 2.24) is 9.97 Å². The van der Waals surface area contributed by atoms with E-state index in [0.29, 0.717) is 52.8 Å². The number of carbonyl (C=O) groups excluding carboxylic acids is 2. The fraction of sp³-hybridized carbons (Fsp3) is 0.259. The number of ether oxygens (including phenoxy) is 1. The van der Waals surface area contributed by atoms with E-state index < -0.39 is 5.97 Å². The quantitative estimate of drug-likeness (QED) is 0.363. The number of rotatable bonds is 6. The van der Waals surface area contributed by atoms with Gasteiger partial charge in [0.1, 0.15) is 22.8 Å². The standard InChI is InChI=1S/C27H26FN5O3S/c1-3-36-27(35)18-8-4-6-10-20(18)31-25(34)23-17(2)22-24(29-16-30-26(22)37-23)33-14-12-32(13-15-33)21-11-7-5-9-19(21)28/h4-11,16H,3,12-15H2,1-2H3,(H,31,34). The number of aryl methyl sites for hydroxylation is 1. The van der Waals surface area contributed by atoms with Crippen LogP contribution in [0.4, 0.5) is 21.6 Å². The van der Waals surface area contributed by atoms with Gasteiger partial charge in [-0.2, -0.15) is 0 Å². The lowest BCUT2D eigenvalue weighted by atomic mass is 10.1. The smallest absolute Gasteiger partial charge is 0.340 e. The number of hydrogen-bond acceptors (Lipinski definition) is 8. The third-order valence-corrected chi connectivity index (χ3v) is 7.55. The lowest BCUT2D eigenvalue weighted by Crippen LogP contribution is -2.47. The molecule has 0 saturated carbocycles. The van der Waals surface area contributed by atoms with Gasteiger partial charge in [-0.05, 0) is 43.7 Å². The highest BCUT2D eigenvalue weighted by Crippen LogP contribution is 2.36. The first-order chi connectivity index (χ1) is 18.0. The van der Waals surface area contributed by atoms with Gasteiger partial charge in [-0.25, -0.2) is 19.2 Å². The number of nitrogens with one attached hydrogen (secondary N) is 1. The molecule has 1 N–H and O–H groups in total. The normalized spacial score (nSPS) is 13.6. The molecule has 0 aliphatic carbocycles. The molecule has 0 spiro atoms. The number of halogens is 1. The van der Waals surface area contributed by atoms with Gasteiger partial charge in [-0.15, -0.1) is 11.3 Å². The molecule has 0 atom stereocenters. The number of anilines is 3. The zero-order valence-electron chi connectivity index (χ0n) is 20.5. The van der Waals surface area contributed by atoms with Gasteiger partial charge in [0.15, 0.2) is 0 Å². The van der Waals surface area contributed by atoms with Crippen LogP contribution in [0.5, 0.6) is 0 Å². The summed E-state index contributed by atoms with van der Waals surface area (Å²) in [6, 6.07) is 13.6. The Hall–Kier alpha value is -4.05. The van der Waals surface area contributed by atoms with Crippen molar-refractivity contribution >= 4 is 50.6 Å². The molecule has 1 fully saturated rings. The second-order valence-electron chi connectivity index (χ2n) is 8.58. The molecule has 3 heterocycles. The molecule has 0 unspecified atom stereocenters. The summed E-state index contributed by atoms with van der Waals surface area (Å²) < 4.78 is 19.4. The van der Waals surface area contributed by atoms with Crippen LogP contribution < -0.4 is 15.1 Å². The van der Waals surface area contributed by atoms with E-state index in [-0.39, 0.29) is 18.3 Å². The molecule has 1 saturated heterocycles. The molecule has 5 rings (SSSR count). The Morgan fingerprint density at radius 3 is 2.49 bits per heavy atom. The summed E-state index contributed by atoms with van der Waals surface area (Å²) in [6.45, 7) is 6.47. The molecule has 10 heteroatoms. The molecule has 0 bridgehead atoms. The van der Waals surface area contributed by atoms with Crippen molar-refractivity contribution in [3.05, 3.63) is 76.7 Å². The Kier molecular flexibility index (Phi) is 7.00. The second-order valence-corrected chi connectivity index (χ2v) is 9.58. The largest absolute Gasteiger partial charge is 0.462 e. The van der Waals surface area contributed by atoms with E-state index in [1.54, 1.807) is 43.3 Å². The van der Waals surface area contributed by atoms with Crippen molar-refractivity contribution in [1.29, 1.82) is 0 Å². The minimum Gasteiger partial charge on any atom is -0.462 e. The van der Waals surface area contributed by atoms with E-state index in [1.165, 1.54) is 23.7 Å². The van der Waals surface area contributed by atoms with Crippen molar-refractivity contribution in [3.8, 4) is 0 Å². The van der Waals surface area contributed by atoms with E-state index >= 15 is 0 Å². The Bertz CT molecular complexity index is 1470. The fourth-order valence-electron chi connectivity index (χ4n) is 4.53. The van der Waals surface area contributed by atoms with Crippen LogP contribution in [0.15, 0.2) is 54.9 Å². The highest BCUT2D eigenvalue weighted by Gasteiger charge is 2.26. The zero-order chi connectivity index (χ0) is 25.9. The summed E-state index contributed by atoms with van der Waals surface area (Å²) in [5, 5.41) is 3.69. The van der Waals surface area contributed by atoms with Gasteiger partial charge in [-0.3, -0.25) is 4.79 Å². The van der Waals surface area contributed by atoms with Crippen LogP contribution >= 0.6 is 11.3 Å². The lowest BCUT2D eigenvalue weighted by molar-refractivity contribution is 0.0527. The number of hydrogen-bond donors (Lipinski definition) is 1. The summed E-state index contributed by atoms with van der Waals surface area (Å²) >= 11 is 1.29. The van der Waals surface area contributed by atoms with E-state index in [0.717, 1.165) is 16.8 Å². The molecule has 2 aromatic carbocycles. The maximum atomic E-state index is 14.3. The minimum absolute atomic E-state index is 0.228. The molecule has 1 aliphatic heterocycles. The maximum Gasteiger partial charge on any atom is 0.340 e. The molecule has 0 radical (unpaired) electrons. The number of piperazine rings is 1. The van der Waals surface area contributed by atoms with E-state index in [4.69, 9.17) is 4.74 Å². The van der Waals surface area contributed by atoms with Gasteiger partial charge < -0.3 is 19.9 Å². The van der Waals surface area contributed by atoms with E-state index in [9.17, 15) is 14.0 Å². The van der Waals surface area contributed by atoms with Crippen molar-refractivity contribution in [2.24, 2.45) is 0 Å². The number of carbonyl (C=O) groups is 2. The molecule has 8 nitrogen and oxygen atoms in total. The molecule has 2 aromatic heterocycles. The zero-order valence-corrected chi connectivity index (χ0v) is 21.3. The van der Waals surface area contributed by atoms with Crippen molar-refractivity contribution in [2.75, 3.05) is 47.9 Å². The number of nitrogens with zero attached hydrogens (tertiary/aromatic N) is 4. The predicted octanol–water partition coefficient (Wildman–Crippen LogP) is 4.89. The van der Waals surface area contributed by atoms with Crippen molar-refractivity contribution in [3.63, 3.8) is 0 Å². The Balaban J connectivity index is 1.39. The van der Waals surface area contributed by atoms with Crippen LogP contribution in [0.2, 0.25) is 0 Å². The molecular weight excluding hydrogens is 493 g/mol. The molecule has 190 valence electrons. The second kappa shape index (κ2) is 10.5. The molecular formula is C27H26FN5O3S. The monoisotopic (exact) mass is 519 g/mol. The topological polar surface area (TPSA) is 87.7 Å². The SMILES string of the molecule is CCOC(=O)c1ccccc1NC(=O)c1sc2ncnc(N3CCN(c4ccccc4F)CC3)c2c1C. The van der Waals surface area contributed by atoms with Crippen molar-refractivity contribution < 1.29 is 18.7 Å². The predicted molar refractivity (Wildman–Crippen MR) is 143 cm³/mol. The highest BCUT2D eigenvalue weighted by atomic mass is 32.1. The highest BCUT2D eigenvalue weighted by molar-refractivity contribution is 7.20. The van der Waals surface area contributed by atoms with Gasteiger partial charge in [0.2, 0.25) is 0 Å². The number of thiophene rings is 1. The number of esters is 1. The number of benzene rings is 2. The summed E-state index contributed by atoms with van der Waals surface area (Å²) in [7, 11) is 0. The van der Waals surface area contributed by atoms with Crippen LogP contribution in [0.3, 0.4) is 0 Å². The first-order valence-electron chi connectivity index (χ1n) is 12.0. The number of para-hydroxylation sites is 2. The number of amides is 1. The lowest BCUT2D eigenvalue weighted by Gasteiger charge is -2.37. The van der Waals surface area contributed by atoms with Gasteiger partial charge in [0, 0.05) is 26.2 Å². The number of fused-ring (bicyclic) bond motifs is 1. The van der Waals surface area contributed by atoms with Crippen LogP contribution in [0.1, 0.15) is 32.5 Å². The average Bonchev–Trinajstić information content (AvgIpc) is 3.26. The first-order valence-corrected chi connectivity index (χ1v) is 12.9. The van der Waals surface area contributed by atoms with Crippen LogP contribution in [0.25, 0.3) is 10.2 Å². The Morgan fingerprint density at radius 1 is 1.03 bits per heavy atom. The van der Waals surface area contributed by atoms with Crippen LogP contribution in [-0.2, 0) is 4.74 Å². The summed E-state index contributed by atoms with van der Waals surface area (Å²) in [6.07, 6.45) is 1.51. The van der Waals surface area contributed by atoms with Crippen molar-refractivity contribution in [2.45, 2.75) is 13.8 Å². The molecule has 1 aliphatic rings. The minimum atomic E-state index is -0.492. The van der Waals surface area contributed by atoms with Gasteiger partial charge in [0.25, 0.3) is 5.91 Å². The van der Waals surface area contributed by atoms with Gasteiger partial charge in [-0.1, -0.05) is 24.3 Å². The third-order valence-electron chi connectivity index (χ3n) is 6.36. The first kappa shape index (κ1) is 24.6. The molecule has 4 aromatic rings. The van der Waals surface area contributed by atoms with E-state index in [2.05, 4.69) is 20.2 Å². The average molecular weight is 520 g/mol. The number of aromatic nitrogens is 2. The fourth-order valence-corrected chi connectivity index (χ4v) is 5.57. The third kappa shape index (κ3) is 4.84. The van der Waals surface area contributed by atoms with Gasteiger partial charge in [0.05, 0.1) is 33.8 Å². The molecule has 37 heavy (non-hydrogen) atoms. The maximum absolute atomic E-state index is 14.3. The Labute approximate surface area is 217 Å². The van der Waals surface area contributed by atoms with Crippen LogP contribution in [-0.4, -0.2) is 54.6 Å².